The molecule has 154 valence electrons. The van der Waals surface area contributed by atoms with Crippen LogP contribution in [-0.2, 0) is 0 Å². The summed E-state index contributed by atoms with van der Waals surface area (Å²) in [5.74, 6) is -0.269. The third-order valence-corrected chi connectivity index (χ3v) is 3.98. The van der Waals surface area contributed by atoms with Crippen LogP contribution in [0.5, 0.6) is 5.75 Å². The molecule has 0 amide bonds. The second-order valence-electron chi connectivity index (χ2n) is 6.28. The first-order valence-corrected chi connectivity index (χ1v) is 8.61. The van der Waals surface area contributed by atoms with Crippen LogP contribution in [0.4, 0.5) is 36.3 Å². The number of nitrogens with zero attached hydrogens (tertiary/aromatic N) is 2. The number of hydrogen-bond donors (Lipinski definition) is 3. The Labute approximate surface area is 166 Å². The van der Waals surface area contributed by atoms with E-state index in [0.29, 0.717) is 28.3 Å². The van der Waals surface area contributed by atoms with E-state index in [9.17, 15) is 18.0 Å². The van der Waals surface area contributed by atoms with Gasteiger partial charge in [-0.25, -0.2) is 9.78 Å². The second kappa shape index (κ2) is 7.43. The van der Waals surface area contributed by atoms with Crippen molar-refractivity contribution in [3.63, 3.8) is 0 Å². The van der Waals surface area contributed by atoms with Gasteiger partial charge < -0.3 is 19.8 Å². The summed E-state index contributed by atoms with van der Waals surface area (Å²) in [6, 6.07) is 10.4. The number of halogens is 3. The molecule has 0 aliphatic heterocycles. The molecule has 30 heavy (non-hydrogen) atoms. The van der Waals surface area contributed by atoms with Crippen molar-refractivity contribution >= 4 is 34.2 Å². The lowest BCUT2D eigenvalue weighted by Crippen LogP contribution is -2.17. The zero-order valence-corrected chi connectivity index (χ0v) is 15.4. The first-order chi connectivity index (χ1) is 14.2. The SMILES string of the molecule is Cc1cnc(Nc2cccc(OC(F)(F)F)c2)nc1Nc1ccc2oc(=O)[nH]c2c1. The summed E-state index contributed by atoms with van der Waals surface area (Å²) in [6.45, 7) is 1.79. The van der Waals surface area contributed by atoms with Crippen LogP contribution in [0.15, 0.2) is 57.9 Å². The van der Waals surface area contributed by atoms with E-state index in [-0.39, 0.29) is 11.7 Å². The van der Waals surface area contributed by atoms with Gasteiger partial charge in [0.15, 0.2) is 5.58 Å². The largest absolute Gasteiger partial charge is 0.573 e. The molecular weight excluding hydrogens is 403 g/mol. The van der Waals surface area contributed by atoms with Crippen molar-refractivity contribution < 1.29 is 22.3 Å². The fourth-order valence-corrected chi connectivity index (χ4v) is 2.70. The van der Waals surface area contributed by atoms with E-state index >= 15 is 0 Å². The molecule has 0 saturated carbocycles. The van der Waals surface area contributed by atoms with Gasteiger partial charge in [0.05, 0.1) is 5.52 Å². The second-order valence-corrected chi connectivity index (χ2v) is 6.28. The summed E-state index contributed by atoms with van der Waals surface area (Å²) >= 11 is 0. The average molecular weight is 417 g/mol. The normalized spacial score (nSPS) is 11.5. The molecule has 2 aromatic heterocycles. The maximum Gasteiger partial charge on any atom is 0.573 e. The van der Waals surface area contributed by atoms with Crippen LogP contribution in [0.2, 0.25) is 0 Å². The Kier molecular flexibility index (Phi) is 4.78. The third-order valence-electron chi connectivity index (χ3n) is 3.98. The van der Waals surface area contributed by atoms with Crippen molar-refractivity contribution in [2.45, 2.75) is 13.3 Å². The van der Waals surface area contributed by atoms with E-state index in [2.05, 4.69) is 30.3 Å². The lowest BCUT2D eigenvalue weighted by Gasteiger charge is -2.12. The molecule has 4 aromatic rings. The van der Waals surface area contributed by atoms with E-state index in [1.165, 1.54) is 18.2 Å². The molecule has 0 unspecified atom stereocenters. The number of benzene rings is 2. The van der Waals surface area contributed by atoms with Gasteiger partial charge >= 0.3 is 12.1 Å². The number of ether oxygens (including phenoxy) is 1. The zero-order valence-electron chi connectivity index (χ0n) is 15.4. The summed E-state index contributed by atoms with van der Waals surface area (Å²) in [4.78, 5) is 22.4. The van der Waals surface area contributed by atoms with E-state index in [1.54, 1.807) is 37.4 Å². The van der Waals surface area contributed by atoms with Gasteiger partial charge in [-0.3, -0.25) is 4.98 Å². The minimum atomic E-state index is -4.78. The molecule has 2 heterocycles. The Morgan fingerprint density at radius 2 is 1.90 bits per heavy atom. The van der Waals surface area contributed by atoms with Crippen molar-refractivity contribution in [3.05, 3.63) is 64.8 Å². The lowest BCUT2D eigenvalue weighted by atomic mass is 10.2. The summed E-state index contributed by atoms with van der Waals surface area (Å²) in [7, 11) is 0. The van der Waals surface area contributed by atoms with Crippen LogP contribution >= 0.6 is 0 Å². The van der Waals surface area contributed by atoms with Gasteiger partial charge in [0, 0.05) is 29.2 Å². The number of fused-ring (bicyclic) bond motifs is 1. The molecule has 0 aliphatic rings. The van der Waals surface area contributed by atoms with E-state index in [4.69, 9.17) is 4.42 Å². The standard InChI is InChI=1S/C19H14F3N5O3/c1-10-9-23-17(25-11-3-2-4-13(7-11)30-19(20,21)22)27-16(10)24-12-5-6-15-14(8-12)26-18(28)29-15/h2-9H,1H3,(H,26,28)(H2,23,24,25,27). The maximum absolute atomic E-state index is 12.4. The molecule has 8 nitrogen and oxygen atoms in total. The summed E-state index contributed by atoms with van der Waals surface area (Å²) < 4.78 is 46.1. The Bertz CT molecular complexity index is 1270. The van der Waals surface area contributed by atoms with Gasteiger partial charge in [-0.1, -0.05) is 6.07 Å². The van der Waals surface area contributed by atoms with Crippen LogP contribution in [0.3, 0.4) is 0 Å². The number of aromatic nitrogens is 3. The van der Waals surface area contributed by atoms with Crippen LogP contribution in [0.25, 0.3) is 11.1 Å². The zero-order chi connectivity index (χ0) is 21.3. The van der Waals surface area contributed by atoms with E-state index < -0.39 is 12.1 Å². The highest BCUT2D eigenvalue weighted by Gasteiger charge is 2.31. The Hall–Kier alpha value is -4.02. The predicted molar refractivity (Wildman–Crippen MR) is 103 cm³/mol. The molecule has 0 bridgehead atoms. The number of aromatic amines is 1. The summed E-state index contributed by atoms with van der Waals surface area (Å²) in [6.07, 6.45) is -3.22. The van der Waals surface area contributed by atoms with Crippen molar-refractivity contribution in [1.29, 1.82) is 0 Å². The third kappa shape index (κ3) is 4.51. The summed E-state index contributed by atoms with van der Waals surface area (Å²) in [5.41, 5.74) is 2.65. The highest BCUT2D eigenvalue weighted by molar-refractivity contribution is 5.78. The minimum Gasteiger partial charge on any atom is -0.408 e. The molecule has 0 atom stereocenters. The molecular formula is C19H14F3N5O3. The van der Waals surface area contributed by atoms with Gasteiger partial charge in [0.2, 0.25) is 5.95 Å². The summed E-state index contributed by atoms with van der Waals surface area (Å²) in [5, 5.41) is 5.96. The molecule has 2 aromatic carbocycles. The highest BCUT2D eigenvalue weighted by atomic mass is 19.4. The molecule has 0 aliphatic carbocycles. The fourth-order valence-electron chi connectivity index (χ4n) is 2.70. The topological polar surface area (TPSA) is 105 Å². The number of aryl methyl sites for hydroxylation is 1. The van der Waals surface area contributed by atoms with Crippen LogP contribution in [0.1, 0.15) is 5.56 Å². The monoisotopic (exact) mass is 417 g/mol. The smallest absolute Gasteiger partial charge is 0.408 e. The van der Waals surface area contributed by atoms with Crippen molar-refractivity contribution in [3.8, 4) is 5.75 Å². The number of alkyl halides is 3. The molecule has 4 rings (SSSR count). The van der Waals surface area contributed by atoms with E-state index in [0.717, 1.165) is 5.56 Å². The molecule has 0 radical (unpaired) electrons. The van der Waals surface area contributed by atoms with Crippen molar-refractivity contribution in [2.75, 3.05) is 10.6 Å². The number of nitrogens with one attached hydrogen (secondary N) is 3. The Balaban J connectivity index is 1.55. The molecule has 3 N–H and O–H groups in total. The van der Waals surface area contributed by atoms with Crippen molar-refractivity contribution in [1.82, 2.24) is 15.0 Å². The number of rotatable bonds is 5. The van der Waals surface area contributed by atoms with Gasteiger partial charge in [0.1, 0.15) is 11.6 Å². The average Bonchev–Trinajstić information content (AvgIpc) is 3.03. The van der Waals surface area contributed by atoms with Crippen LogP contribution in [0, 0.1) is 6.92 Å². The lowest BCUT2D eigenvalue weighted by molar-refractivity contribution is -0.274. The number of anilines is 4. The van der Waals surface area contributed by atoms with Crippen LogP contribution < -0.4 is 21.1 Å². The van der Waals surface area contributed by atoms with Crippen molar-refractivity contribution in [2.24, 2.45) is 0 Å². The quantitative estimate of drug-likeness (QED) is 0.436. The first-order valence-electron chi connectivity index (χ1n) is 8.61. The van der Waals surface area contributed by atoms with Gasteiger partial charge in [-0.05, 0) is 37.3 Å². The predicted octanol–water partition coefficient (Wildman–Crippen LogP) is 4.61. The minimum absolute atomic E-state index is 0.171. The highest BCUT2D eigenvalue weighted by Crippen LogP contribution is 2.27. The molecule has 0 fully saturated rings. The maximum atomic E-state index is 12.4. The number of oxazole rings is 1. The van der Waals surface area contributed by atoms with Gasteiger partial charge in [0.25, 0.3) is 0 Å². The fraction of sp³-hybridized carbons (Fsp3) is 0.105. The number of H-pyrrole nitrogens is 1. The molecule has 0 saturated heterocycles. The van der Waals surface area contributed by atoms with Crippen LogP contribution in [-0.4, -0.2) is 21.3 Å². The van der Waals surface area contributed by atoms with Gasteiger partial charge in [-0.15, -0.1) is 13.2 Å². The van der Waals surface area contributed by atoms with Gasteiger partial charge in [-0.2, -0.15) is 4.98 Å². The van der Waals surface area contributed by atoms with E-state index in [1.807, 2.05) is 0 Å². The first kappa shape index (κ1) is 19.3. The number of hydrogen-bond acceptors (Lipinski definition) is 7. The Morgan fingerprint density at radius 1 is 1.10 bits per heavy atom. The molecule has 11 heteroatoms. The Morgan fingerprint density at radius 3 is 2.70 bits per heavy atom. The molecule has 0 spiro atoms.